The number of hydrazine groups is 1. The number of benzene rings is 3. The number of nitrogens with one attached hydrogen (secondary N) is 6. The minimum absolute atomic E-state index is 0.0195. The molecule has 3 aromatic carbocycles. The smallest absolute Gasteiger partial charge is 0.408 e. The van der Waals surface area contributed by atoms with E-state index in [0.29, 0.717) is 42.9 Å². The average Bonchev–Trinajstić information content (AvgIpc) is 3.70. The van der Waals surface area contributed by atoms with Crippen LogP contribution >= 0.6 is 0 Å². The Morgan fingerprint density at radius 3 is 1.73 bits per heavy atom. The third kappa shape index (κ3) is 26.2. The van der Waals surface area contributed by atoms with Crippen molar-refractivity contribution in [2.75, 3.05) is 60.4 Å². The SMILES string of the molecule is COCCOCCOCCOC(=O)N[C@H](C(=O)N[C@@H](CC1C=CC=CC1)[C@H](CN(Cc1ccc(-c2ccccn2)cc1)NC(=O)[C@@H](NC(=O)OC)C(C)(C)C)OC(=O)C(Cc1ccccc1)NC(=O)[C@H](Cc1ccccc1)NC(=O)OC(C)(C)C)C(C)(C)C. The molecule has 6 amide bonds. The van der Waals surface area contributed by atoms with Gasteiger partial charge in [0, 0.05) is 38.3 Å². The molecule has 0 radical (unpaired) electrons. The van der Waals surface area contributed by atoms with Gasteiger partial charge in [-0.05, 0) is 79.2 Å². The number of amides is 6. The monoisotopic (exact) mass is 1230 g/mol. The number of hydrogen-bond donors (Lipinski definition) is 6. The van der Waals surface area contributed by atoms with Crippen molar-refractivity contribution < 1.29 is 66.7 Å². The van der Waals surface area contributed by atoms with Gasteiger partial charge in [0.2, 0.25) is 11.8 Å². The fourth-order valence-corrected chi connectivity index (χ4v) is 9.47. The van der Waals surface area contributed by atoms with Gasteiger partial charge in [-0.2, -0.15) is 0 Å². The second-order valence-corrected chi connectivity index (χ2v) is 24.8. The van der Waals surface area contributed by atoms with Crippen LogP contribution in [0.4, 0.5) is 14.4 Å². The summed E-state index contributed by atoms with van der Waals surface area (Å²) in [5.41, 5.74) is 3.89. The normalized spacial score (nSPS) is 15.2. The van der Waals surface area contributed by atoms with Crippen molar-refractivity contribution in [2.45, 2.75) is 136 Å². The van der Waals surface area contributed by atoms with Gasteiger partial charge >= 0.3 is 24.2 Å². The largest absolute Gasteiger partial charge is 0.457 e. The van der Waals surface area contributed by atoms with Crippen molar-refractivity contribution in [1.29, 1.82) is 0 Å². The molecule has 89 heavy (non-hydrogen) atoms. The molecule has 0 fully saturated rings. The predicted octanol–water partition coefficient (Wildman–Crippen LogP) is 7.96. The van der Waals surface area contributed by atoms with E-state index in [-0.39, 0.29) is 58.1 Å². The van der Waals surface area contributed by atoms with Gasteiger partial charge in [-0.3, -0.25) is 24.8 Å². The van der Waals surface area contributed by atoms with Gasteiger partial charge in [0.25, 0.3) is 5.91 Å². The van der Waals surface area contributed by atoms with E-state index in [0.717, 1.165) is 11.3 Å². The van der Waals surface area contributed by atoms with Crippen LogP contribution < -0.4 is 32.0 Å². The summed E-state index contributed by atoms with van der Waals surface area (Å²) in [4.78, 5) is 105. The van der Waals surface area contributed by atoms with Gasteiger partial charge in [-0.25, -0.2) is 24.2 Å². The molecule has 2 unspecified atom stereocenters. The van der Waals surface area contributed by atoms with E-state index in [1.807, 2.05) is 78.9 Å². The van der Waals surface area contributed by atoms with E-state index >= 15 is 9.59 Å². The first-order valence-corrected chi connectivity index (χ1v) is 30.0. The third-order valence-electron chi connectivity index (χ3n) is 14.0. The Balaban J connectivity index is 1.62. The van der Waals surface area contributed by atoms with Crippen LogP contribution in [-0.2, 0) is 71.7 Å². The van der Waals surface area contributed by atoms with Crippen LogP contribution in [0, 0.1) is 16.7 Å². The Kier molecular flexibility index (Phi) is 28.7. The molecule has 484 valence electrons. The lowest BCUT2D eigenvalue weighted by Gasteiger charge is -2.38. The zero-order valence-corrected chi connectivity index (χ0v) is 53.3. The van der Waals surface area contributed by atoms with Gasteiger partial charge in [0.05, 0.1) is 58.4 Å². The molecular formula is C67H92N8O14. The van der Waals surface area contributed by atoms with Crippen molar-refractivity contribution in [2.24, 2.45) is 16.7 Å². The molecule has 6 N–H and O–H groups in total. The molecule has 5 rings (SSSR count). The zero-order chi connectivity index (χ0) is 65.0. The molecule has 0 aliphatic heterocycles. The predicted molar refractivity (Wildman–Crippen MR) is 336 cm³/mol. The lowest BCUT2D eigenvalue weighted by molar-refractivity contribution is -0.158. The number of hydrogen-bond acceptors (Lipinski definition) is 16. The van der Waals surface area contributed by atoms with Gasteiger partial charge in [0.1, 0.15) is 42.5 Å². The standard InChI is InChI=1S/C67H92N8O14/c1-65(2,3)56(73-63(81)87-40-39-86-38-37-85-36-35-83-10)59(77)69-52(41-46-23-15-12-16-24-46)55(45-75(74-60(78)57(66(4,5)6)72-62(80)84-11)44-49-30-32-50(33-31-49)51-29-21-22-34-68-51)88-61(79)54(43-48-27-19-14-20-28-48)70-58(76)53(42-47-25-17-13-18-26-47)71-64(82)89-67(7,8)9/h12-23,25-34,46,52-57H,24,35-45H2,1-11H3,(H,69,77)(H,70,76)(H,71,82)(H,72,80)(H,73,81)(H,74,78)/t46?,52-,53-,54?,55-,56+,57+/m0/s1. The van der Waals surface area contributed by atoms with E-state index in [4.69, 9.17) is 33.2 Å². The second-order valence-electron chi connectivity index (χ2n) is 24.8. The van der Waals surface area contributed by atoms with Crippen LogP contribution in [0.25, 0.3) is 11.3 Å². The van der Waals surface area contributed by atoms with Crippen molar-refractivity contribution in [3.8, 4) is 11.3 Å². The Morgan fingerprint density at radius 2 is 1.17 bits per heavy atom. The molecule has 0 spiro atoms. The van der Waals surface area contributed by atoms with Crippen molar-refractivity contribution in [1.82, 2.24) is 42.0 Å². The fraction of sp³-hybridized carbons (Fsp3) is 0.493. The van der Waals surface area contributed by atoms with E-state index in [1.165, 1.54) is 7.11 Å². The number of aromatic nitrogens is 1. The number of carbonyl (C=O) groups excluding carboxylic acids is 7. The van der Waals surface area contributed by atoms with Gasteiger partial charge in [-0.15, -0.1) is 0 Å². The number of esters is 1. The Morgan fingerprint density at radius 1 is 0.584 bits per heavy atom. The van der Waals surface area contributed by atoms with Crippen LogP contribution in [0.15, 0.2) is 134 Å². The molecule has 0 saturated heterocycles. The minimum Gasteiger partial charge on any atom is -0.457 e. The number of carbonyl (C=O) groups is 7. The number of methoxy groups -OCH3 is 2. The highest BCUT2D eigenvalue weighted by Gasteiger charge is 2.41. The number of rotatable bonds is 32. The van der Waals surface area contributed by atoms with Crippen molar-refractivity contribution >= 4 is 42.0 Å². The average molecular weight is 1230 g/mol. The molecule has 1 aromatic heterocycles. The summed E-state index contributed by atoms with van der Waals surface area (Å²) in [5.74, 6) is -3.19. The van der Waals surface area contributed by atoms with Crippen LogP contribution in [0.2, 0.25) is 0 Å². The number of allylic oxidation sites excluding steroid dienone is 4. The Bertz CT molecular complexity index is 2910. The first kappa shape index (κ1) is 71.6. The molecule has 0 bridgehead atoms. The minimum atomic E-state index is -1.43. The number of ether oxygens (including phenoxy) is 7. The summed E-state index contributed by atoms with van der Waals surface area (Å²) in [6, 6.07) is 24.9. The van der Waals surface area contributed by atoms with E-state index < -0.39 is 94.7 Å². The van der Waals surface area contributed by atoms with Crippen LogP contribution in [0.3, 0.4) is 0 Å². The van der Waals surface area contributed by atoms with Crippen LogP contribution in [-0.4, -0.2) is 154 Å². The van der Waals surface area contributed by atoms with Crippen molar-refractivity contribution in [3.63, 3.8) is 0 Å². The Labute approximate surface area is 523 Å². The maximum atomic E-state index is 15.6. The molecule has 1 aliphatic carbocycles. The molecule has 0 saturated carbocycles. The number of alkyl carbamates (subject to hydrolysis) is 3. The van der Waals surface area contributed by atoms with E-state index in [9.17, 15) is 24.0 Å². The van der Waals surface area contributed by atoms with Crippen LogP contribution in [0.5, 0.6) is 0 Å². The van der Waals surface area contributed by atoms with Gasteiger partial charge in [-0.1, -0.05) is 157 Å². The van der Waals surface area contributed by atoms with E-state index in [1.54, 1.807) is 129 Å². The summed E-state index contributed by atoms with van der Waals surface area (Å²) >= 11 is 0. The second kappa shape index (κ2) is 35.7. The molecule has 4 aromatic rings. The number of pyridine rings is 1. The fourth-order valence-electron chi connectivity index (χ4n) is 9.47. The number of nitrogens with zero attached hydrogens (tertiary/aromatic N) is 2. The molecular weight excluding hydrogens is 1140 g/mol. The van der Waals surface area contributed by atoms with Gasteiger partial charge in [0.15, 0.2) is 0 Å². The maximum Gasteiger partial charge on any atom is 0.408 e. The molecule has 7 atom stereocenters. The molecule has 1 aliphatic rings. The third-order valence-corrected chi connectivity index (χ3v) is 14.0. The lowest BCUT2D eigenvalue weighted by atomic mass is 9.85. The van der Waals surface area contributed by atoms with Gasteiger partial charge < -0.3 is 59.7 Å². The highest BCUT2D eigenvalue weighted by atomic mass is 16.6. The summed E-state index contributed by atoms with van der Waals surface area (Å²) in [7, 11) is 2.77. The first-order chi connectivity index (χ1) is 42.3. The Hall–Kier alpha value is -8.18. The molecule has 1 heterocycles. The molecule has 22 nitrogen and oxygen atoms in total. The quantitative estimate of drug-likeness (QED) is 0.0117. The molecule has 22 heteroatoms. The summed E-state index contributed by atoms with van der Waals surface area (Å²) in [5, 5.41) is 15.7. The van der Waals surface area contributed by atoms with Crippen molar-refractivity contribution in [3.05, 3.63) is 150 Å². The topological polar surface area (TPSA) is 272 Å². The highest BCUT2D eigenvalue weighted by Crippen LogP contribution is 2.26. The highest BCUT2D eigenvalue weighted by molar-refractivity contribution is 5.90. The lowest BCUT2D eigenvalue weighted by Crippen LogP contribution is -2.62. The zero-order valence-electron chi connectivity index (χ0n) is 53.3. The summed E-state index contributed by atoms with van der Waals surface area (Å²) in [6.07, 6.45) is 6.08. The summed E-state index contributed by atoms with van der Waals surface area (Å²) in [6.45, 7) is 16.7. The maximum absolute atomic E-state index is 15.6. The van der Waals surface area contributed by atoms with Crippen LogP contribution in [0.1, 0.15) is 91.8 Å². The first-order valence-electron chi connectivity index (χ1n) is 30.0. The summed E-state index contributed by atoms with van der Waals surface area (Å²) < 4.78 is 38.8. The van der Waals surface area contributed by atoms with E-state index in [2.05, 4.69) is 37.0 Å².